The molecule has 1 saturated heterocycles. The minimum absolute atomic E-state index is 0.469. The second kappa shape index (κ2) is 10.7. The van der Waals surface area contributed by atoms with Crippen molar-refractivity contribution < 1.29 is 4.74 Å². The number of hydrogen-bond donors (Lipinski definition) is 2. The molecule has 5 nitrogen and oxygen atoms in total. The van der Waals surface area contributed by atoms with Crippen molar-refractivity contribution in [1.29, 1.82) is 0 Å². The summed E-state index contributed by atoms with van der Waals surface area (Å²) in [5.74, 6) is 1.42. The number of likely N-dealkylation sites (tertiary alicyclic amines) is 1. The summed E-state index contributed by atoms with van der Waals surface area (Å²) in [6.45, 7) is 10.2. The molecule has 0 aromatic carbocycles. The van der Waals surface area contributed by atoms with E-state index in [9.17, 15) is 0 Å². The van der Waals surface area contributed by atoms with Crippen molar-refractivity contribution in [1.82, 2.24) is 15.5 Å². The van der Waals surface area contributed by atoms with Crippen LogP contribution in [0.5, 0.6) is 0 Å². The largest absolute Gasteiger partial charge is 0.383 e. The Morgan fingerprint density at radius 1 is 1.46 bits per heavy atom. The van der Waals surface area contributed by atoms with Gasteiger partial charge in [0, 0.05) is 50.1 Å². The first-order valence-electron chi connectivity index (χ1n) is 9.02. The molecule has 1 fully saturated rings. The summed E-state index contributed by atoms with van der Waals surface area (Å²) >= 11 is 1.81. The standard InChI is InChI=1S/C18H32N4OS/c1-4-19-18(20-14-15(2)17-6-5-13-24-17)21-16-7-9-22(10-8-16)11-12-23-3/h5-6,13,15-16H,4,7-12,14H2,1-3H3,(H2,19,20,21). The van der Waals surface area contributed by atoms with Crippen LogP contribution < -0.4 is 10.6 Å². The number of aliphatic imine (C=N–C) groups is 1. The third-order valence-electron chi connectivity index (χ3n) is 4.44. The van der Waals surface area contributed by atoms with Crippen LogP contribution in [0.25, 0.3) is 0 Å². The van der Waals surface area contributed by atoms with Gasteiger partial charge in [0.1, 0.15) is 0 Å². The van der Waals surface area contributed by atoms with E-state index in [1.807, 2.05) is 11.3 Å². The molecule has 24 heavy (non-hydrogen) atoms. The highest BCUT2D eigenvalue weighted by atomic mass is 32.1. The van der Waals surface area contributed by atoms with Crippen LogP contribution in [-0.2, 0) is 4.74 Å². The Hall–Kier alpha value is -1.11. The zero-order valence-corrected chi connectivity index (χ0v) is 16.1. The predicted molar refractivity (Wildman–Crippen MR) is 103 cm³/mol. The summed E-state index contributed by atoms with van der Waals surface area (Å²) < 4.78 is 5.17. The molecule has 0 radical (unpaired) electrons. The Labute approximate surface area is 150 Å². The Morgan fingerprint density at radius 3 is 2.88 bits per heavy atom. The monoisotopic (exact) mass is 352 g/mol. The van der Waals surface area contributed by atoms with E-state index in [-0.39, 0.29) is 0 Å². The molecular formula is C18H32N4OS. The third-order valence-corrected chi connectivity index (χ3v) is 5.54. The first-order chi connectivity index (χ1) is 11.7. The van der Waals surface area contributed by atoms with Gasteiger partial charge < -0.3 is 20.3 Å². The second-order valence-corrected chi connectivity index (χ2v) is 7.37. The van der Waals surface area contributed by atoms with Crippen LogP contribution in [0.3, 0.4) is 0 Å². The second-order valence-electron chi connectivity index (χ2n) is 6.39. The average molecular weight is 353 g/mol. The molecular weight excluding hydrogens is 320 g/mol. The third kappa shape index (κ3) is 6.42. The fourth-order valence-corrected chi connectivity index (χ4v) is 3.70. The van der Waals surface area contributed by atoms with E-state index < -0.39 is 0 Å². The molecule has 2 heterocycles. The first-order valence-corrected chi connectivity index (χ1v) is 9.90. The quantitative estimate of drug-likeness (QED) is 0.557. The molecule has 0 spiro atoms. The lowest BCUT2D eigenvalue weighted by Crippen LogP contribution is -2.49. The molecule has 0 saturated carbocycles. The molecule has 1 aromatic rings. The Balaban J connectivity index is 1.79. The van der Waals surface area contributed by atoms with E-state index in [0.717, 1.165) is 58.1 Å². The van der Waals surface area contributed by atoms with Crippen molar-refractivity contribution in [2.75, 3.05) is 46.4 Å². The smallest absolute Gasteiger partial charge is 0.191 e. The molecule has 1 aromatic heterocycles. The number of hydrogen-bond acceptors (Lipinski definition) is 4. The molecule has 1 aliphatic rings. The minimum atomic E-state index is 0.469. The van der Waals surface area contributed by atoms with Gasteiger partial charge in [-0.25, -0.2) is 0 Å². The minimum Gasteiger partial charge on any atom is -0.383 e. The summed E-state index contributed by atoms with van der Waals surface area (Å²) in [7, 11) is 1.77. The van der Waals surface area contributed by atoms with Gasteiger partial charge in [0.2, 0.25) is 0 Å². The van der Waals surface area contributed by atoms with E-state index in [1.165, 1.54) is 4.88 Å². The van der Waals surface area contributed by atoms with Gasteiger partial charge in [0.05, 0.1) is 13.2 Å². The fourth-order valence-electron chi connectivity index (χ4n) is 2.92. The van der Waals surface area contributed by atoms with Crippen LogP contribution in [0.4, 0.5) is 0 Å². The van der Waals surface area contributed by atoms with E-state index in [1.54, 1.807) is 7.11 Å². The SMILES string of the molecule is CCNC(=NCC(C)c1cccs1)NC1CCN(CCOC)CC1. The predicted octanol–water partition coefficient (Wildman–Crippen LogP) is 2.52. The van der Waals surface area contributed by atoms with Gasteiger partial charge in [-0.15, -0.1) is 11.3 Å². The molecule has 1 unspecified atom stereocenters. The maximum atomic E-state index is 5.17. The Morgan fingerprint density at radius 2 is 2.25 bits per heavy atom. The summed E-state index contributed by atoms with van der Waals surface area (Å²) in [5.41, 5.74) is 0. The normalized spacial score (nSPS) is 18.5. The van der Waals surface area contributed by atoms with Crippen molar-refractivity contribution in [2.45, 2.75) is 38.6 Å². The molecule has 1 aliphatic heterocycles. The number of thiophene rings is 1. The number of nitrogens with one attached hydrogen (secondary N) is 2. The van der Waals surface area contributed by atoms with Gasteiger partial charge in [-0.1, -0.05) is 13.0 Å². The molecule has 0 amide bonds. The molecule has 2 N–H and O–H groups in total. The summed E-state index contributed by atoms with van der Waals surface area (Å²) in [4.78, 5) is 8.68. The van der Waals surface area contributed by atoms with Crippen LogP contribution in [0.2, 0.25) is 0 Å². The van der Waals surface area contributed by atoms with Crippen molar-refractivity contribution in [3.8, 4) is 0 Å². The van der Waals surface area contributed by atoms with Crippen molar-refractivity contribution >= 4 is 17.3 Å². The van der Waals surface area contributed by atoms with Crippen LogP contribution in [0, 0.1) is 0 Å². The van der Waals surface area contributed by atoms with Crippen LogP contribution >= 0.6 is 11.3 Å². The number of rotatable bonds is 8. The van der Waals surface area contributed by atoms with E-state index in [2.05, 4.69) is 46.9 Å². The summed E-state index contributed by atoms with van der Waals surface area (Å²) in [5, 5.41) is 9.14. The molecule has 0 bridgehead atoms. The number of guanidine groups is 1. The van der Waals surface area contributed by atoms with E-state index in [0.29, 0.717) is 12.0 Å². The Kier molecular flexibility index (Phi) is 8.56. The van der Waals surface area contributed by atoms with Crippen molar-refractivity contribution in [3.05, 3.63) is 22.4 Å². The summed E-state index contributed by atoms with van der Waals surface area (Å²) in [6.07, 6.45) is 2.32. The lowest BCUT2D eigenvalue weighted by atomic mass is 10.1. The number of nitrogens with zero attached hydrogens (tertiary/aromatic N) is 2. The van der Waals surface area contributed by atoms with Gasteiger partial charge in [0.15, 0.2) is 5.96 Å². The zero-order chi connectivity index (χ0) is 17.2. The van der Waals surface area contributed by atoms with E-state index in [4.69, 9.17) is 9.73 Å². The van der Waals surface area contributed by atoms with Crippen LogP contribution in [-0.4, -0.2) is 63.3 Å². The zero-order valence-electron chi connectivity index (χ0n) is 15.3. The lowest BCUT2D eigenvalue weighted by Gasteiger charge is -2.32. The molecule has 136 valence electrons. The van der Waals surface area contributed by atoms with Crippen LogP contribution in [0.1, 0.15) is 37.5 Å². The first kappa shape index (κ1) is 19.2. The number of methoxy groups -OCH3 is 1. The molecule has 0 aliphatic carbocycles. The fraction of sp³-hybridized carbons (Fsp3) is 0.722. The maximum absolute atomic E-state index is 5.17. The highest BCUT2D eigenvalue weighted by Gasteiger charge is 2.19. The highest BCUT2D eigenvalue weighted by molar-refractivity contribution is 7.10. The summed E-state index contributed by atoms with van der Waals surface area (Å²) in [6, 6.07) is 4.82. The number of ether oxygens (including phenoxy) is 1. The number of piperidine rings is 1. The van der Waals surface area contributed by atoms with Gasteiger partial charge in [0.25, 0.3) is 0 Å². The van der Waals surface area contributed by atoms with Gasteiger partial charge in [-0.2, -0.15) is 0 Å². The van der Waals surface area contributed by atoms with Gasteiger partial charge >= 0.3 is 0 Å². The van der Waals surface area contributed by atoms with Crippen molar-refractivity contribution in [2.24, 2.45) is 4.99 Å². The average Bonchev–Trinajstić information content (AvgIpc) is 3.13. The van der Waals surface area contributed by atoms with Gasteiger partial charge in [-0.3, -0.25) is 4.99 Å². The van der Waals surface area contributed by atoms with Gasteiger partial charge in [-0.05, 0) is 31.2 Å². The molecule has 2 rings (SSSR count). The molecule has 1 atom stereocenters. The maximum Gasteiger partial charge on any atom is 0.191 e. The van der Waals surface area contributed by atoms with Crippen molar-refractivity contribution in [3.63, 3.8) is 0 Å². The molecule has 6 heteroatoms. The lowest BCUT2D eigenvalue weighted by molar-refractivity contribution is 0.128. The van der Waals surface area contributed by atoms with E-state index >= 15 is 0 Å². The topological polar surface area (TPSA) is 48.9 Å². The Bertz CT molecular complexity index is 469. The van der Waals surface area contributed by atoms with Crippen LogP contribution in [0.15, 0.2) is 22.5 Å². The highest BCUT2D eigenvalue weighted by Crippen LogP contribution is 2.20.